The van der Waals surface area contributed by atoms with Crippen LogP contribution in [-0.4, -0.2) is 60.1 Å². The molecule has 2 aliphatic rings. The maximum Gasteiger partial charge on any atom is 0.0246 e. The van der Waals surface area contributed by atoms with Gasteiger partial charge in [0.05, 0.1) is 0 Å². The van der Waals surface area contributed by atoms with Gasteiger partial charge in [-0.2, -0.15) is 11.8 Å². The predicted molar refractivity (Wildman–Crippen MR) is 91.6 cm³/mol. The highest BCUT2D eigenvalue weighted by Crippen LogP contribution is 2.27. The van der Waals surface area contributed by atoms with E-state index >= 15 is 0 Å². The summed E-state index contributed by atoms with van der Waals surface area (Å²) in [5, 5.41) is 0. The summed E-state index contributed by atoms with van der Waals surface area (Å²) in [6.07, 6.45) is 10.7. The lowest BCUT2D eigenvalue weighted by molar-refractivity contribution is -0.00801. The van der Waals surface area contributed by atoms with Crippen molar-refractivity contribution in [2.75, 3.05) is 38.2 Å². The summed E-state index contributed by atoms with van der Waals surface area (Å²) in [6.45, 7) is 10.2. The van der Waals surface area contributed by atoms with Crippen LogP contribution in [-0.2, 0) is 0 Å². The largest absolute Gasteiger partial charge is 0.298 e. The minimum atomic E-state index is 0.795. The zero-order chi connectivity index (χ0) is 14.4. The second kappa shape index (κ2) is 8.65. The monoisotopic (exact) mass is 298 g/mol. The summed E-state index contributed by atoms with van der Waals surface area (Å²) in [5.74, 6) is 2.13. The highest BCUT2D eigenvalue weighted by molar-refractivity contribution is 7.98. The maximum atomic E-state index is 2.83. The zero-order valence-corrected chi connectivity index (χ0v) is 14.6. The predicted octanol–water partition coefficient (Wildman–Crippen LogP) is 3.71. The van der Waals surface area contributed by atoms with Crippen LogP contribution in [0.3, 0.4) is 0 Å². The molecular weight excluding hydrogens is 264 g/mol. The van der Waals surface area contributed by atoms with E-state index in [1.165, 1.54) is 70.5 Å². The van der Waals surface area contributed by atoms with E-state index in [4.69, 9.17) is 0 Å². The number of piperidine rings is 1. The molecule has 0 radical (unpaired) electrons. The summed E-state index contributed by atoms with van der Waals surface area (Å²) in [6, 6.07) is 1.66. The first-order valence-corrected chi connectivity index (χ1v) is 10.1. The Balaban J connectivity index is 1.81. The van der Waals surface area contributed by atoms with Crippen molar-refractivity contribution >= 4 is 11.8 Å². The topological polar surface area (TPSA) is 6.48 Å². The second-order valence-electron chi connectivity index (χ2n) is 7.00. The molecule has 0 spiro atoms. The van der Waals surface area contributed by atoms with Gasteiger partial charge in [0, 0.05) is 25.2 Å². The lowest BCUT2D eigenvalue weighted by atomic mass is 9.92. The fourth-order valence-electron chi connectivity index (χ4n) is 3.90. The minimum absolute atomic E-state index is 0.795. The first-order chi connectivity index (χ1) is 9.72. The highest BCUT2D eigenvalue weighted by atomic mass is 32.2. The number of hydrogen-bond acceptors (Lipinski definition) is 3. The molecule has 2 saturated heterocycles. The molecule has 2 aliphatic heterocycles. The van der Waals surface area contributed by atoms with Crippen LogP contribution < -0.4 is 0 Å². The van der Waals surface area contributed by atoms with E-state index in [-0.39, 0.29) is 0 Å². The van der Waals surface area contributed by atoms with Crippen LogP contribution in [0.5, 0.6) is 0 Å². The molecule has 0 N–H and O–H groups in total. The van der Waals surface area contributed by atoms with Gasteiger partial charge in [0.15, 0.2) is 0 Å². The normalized spacial score (nSPS) is 28.8. The van der Waals surface area contributed by atoms with Gasteiger partial charge in [-0.05, 0) is 56.7 Å². The Bertz CT molecular complexity index is 270. The van der Waals surface area contributed by atoms with Crippen molar-refractivity contribution in [2.24, 2.45) is 5.92 Å². The maximum absolute atomic E-state index is 2.83. The van der Waals surface area contributed by atoms with Crippen molar-refractivity contribution in [3.05, 3.63) is 0 Å². The number of hydrogen-bond donors (Lipinski definition) is 0. The van der Waals surface area contributed by atoms with Crippen molar-refractivity contribution < 1.29 is 0 Å². The van der Waals surface area contributed by atoms with E-state index in [1.807, 2.05) is 11.8 Å². The van der Waals surface area contributed by atoms with E-state index in [0.29, 0.717) is 0 Å². The fourth-order valence-corrected chi connectivity index (χ4v) is 4.39. The van der Waals surface area contributed by atoms with E-state index in [2.05, 4.69) is 29.9 Å². The number of piperazine rings is 1. The van der Waals surface area contributed by atoms with Gasteiger partial charge in [-0.1, -0.05) is 26.7 Å². The Kier molecular flexibility index (Phi) is 7.20. The van der Waals surface area contributed by atoms with Gasteiger partial charge in [0.1, 0.15) is 0 Å². The molecule has 3 heteroatoms. The van der Waals surface area contributed by atoms with Gasteiger partial charge in [-0.15, -0.1) is 0 Å². The standard InChI is InChI=1S/C17H34N2S/c1-15(2)17-14-18-10-7-5-9-16(18)13-19(17)11-6-4-8-12-20-3/h15-17H,4-14H2,1-3H3. The molecular formula is C17H34N2S. The minimum Gasteiger partial charge on any atom is -0.298 e. The van der Waals surface area contributed by atoms with Gasteiger partial charge in [0.25, 0.3) is 0 Å². The fraction of sp³-hybridized carbons (Fsp3) is 1.00. The van der Waals surface area contributed by atoms with Crippen LogP contribution in [0, 0.1) is 5.92 Å². The second-order valence-corrected chi connectivity index (χ2v) is 7.99. The Labute approximate surface area is 130 Å². The number of unbranched alkanes of at least 4 members (excludes halogenated alkanes) is 2. The van der Waals surface area contributed by atoms with Crippen LogP contribution in [0.25, 0.3) is 0 Å². The van der Waals surface area contributed by atoms with E-state index in [1.54, 1.807) is 0 Å². The third kappa shape index (κ3) is 4.64. The Morgan fingerprint density at radius 2 is 1.95 bits per heavy atom. The molecule has 0 bridgehead atoms. The van der Waals surface area contributed by atoms with Crippen molar-refractivity contribution in [2.45, 2.75) is 64.5 Å². The van der Waals surface area contributed by atoms with Crippen molar-refractivity contribution in [3.8, 4) is 0 Å². The molecule has 0 saturated carbocycles. The van der Waals surface area contributed by atoms with Gasteiger partial charge < -0.3 is 0 Å². The van der Waals surface area contributed by atoms with E-state index in [9.17, 15) is 0 Å². The highest BCUT2D eigenvalue weighted by Gasteiger charge is 2.35. The van der Waals surface area contributed by atoms with Gasteiger partial charge in [-0.25, -0.2) is 0 Å². The van der Waals surface area contributed by atoms with Crippen LogP contribution >= 0.6 is 11.8 Å². The van der Waals surface area contributed by atoms with Crippen molar-refractivity contribution in [1.29, 1.82) is 0 Å². The van der Waals surface area contributed by atoms with Crippen LogP contribution in [0.4, 0.5) is 0 Å². The Morgan fingerprint density at radius 1 is 1.10 bits per heavy atom. The molecule has 0 aromatic carbocycles. The smallest absolute Gasteiger partial charge is 0.0246 e. The number of rotatable bonds is 7. The van der Waals surface area contributed by atoms with E-state index < -0.39 is 0 Å². The summed E-state index contributed by atoms with van der Waals surface area (Å²) in [5.41, 5.74) is 0. The van der Waals surface area contributed by atoms with Gasteiger partial charge in [-0.3, -0.25) is 9.80 Å². The molecule has 0 aromatic rings. The molecule has 2 fully saturated rings. The Hall–Kier alpha value is 0.270. The van der Waals surface area contributed by atoms with Gasteiger partial charge in [0.2, 0.25) is 0 Å². The zero-order valence-electron chi connectivity index (χ0n) is 13.8. The number of fused-ring (bicyclic) bond motifs is 1. The Morgan fingerprint density at radius 3 is 2.70 bits per heavy atom. The lowest BCUT2D eigenvalue weighted by Gasteiger charge is -2.50. The summed E-state index contributed by atoms with van der Waals surface area (Å²) >= 11 is 1.99. The van der Waals surface area contributed by atoms with E-state index in [0.717, 1.165) is 18.0 Å². The van der Waals surface area contributed by atoms with Crippen molar-refractivity contribution in [3.63, 3.8) is 0 Å². The van der Waals surface area contributed by atoms with Crippen LogP contribution in [0.1, 0.15) is 52.4 Å². The molecule has 118 valence electrons. The molecule has 0 amide bonds. The summed E-state index contributed by atoms with van der Waals surface area (Å²) < 4.78 is 0. The third-order valence-electron chi connectivity index (χ3n) is 5.15. The molecule has 2 atom stereocenters. The van der Waals surface area contributed by atoms with Crippen LogP contribution in [0.2, 0.25) is 0 Å². The van der Waals surface area contributed by atoms with Crippen LogP contribution in [0.15, 0.2) is 0 Å². The SMILES string of the molecule is CSCCCCCN1CC2CCCCN2CC1C(C)C. The lowest BCUT2D eigenvalue weighted by Crippen LogP contribution is -2.61. The summed E-state index contributed by atoms with van der Waals surface area (Å²) in [7, 11) is 0. The van der Waals surface area contributed by atoms with Gasteiger partial charge >= 0.3 is 0 Å². The molecule has 0 aromatic heterocycles. The molecule has 2 nitrogen and oxygen atoms in total. The summed E-state index contributed by atoms with van der Waals surface area (Å²) in [4.78, 5) is 5.62. The van der Waals surface area contributed by atoms with Crippen molar-refractivity contribution in [1.82, 2.24) is 9.80 Å². The number of nitrogens with zero attached hydrogens (tertiary/aromatic N) is 2. The molecule has 2 heterocycles. The third-order valence-corrected chi connectivity index (χ3v) is 5.85. The quantitative estimate of drug-likeness (QED) is 0.662. The average molecular weight is 299 g/mol. The average Bonchev–Trinajstić information content (AvgIpc) is 2.46. The first-order valence-electron chi connectivity index (χ1n) is 8.69. The molecule has 20 heavy (non-hydrogen) atoms. The molecule has 2 unspecified atom stereocenters. The number of thioether (sulfide) groups is 1. The molecule has 2 rings (SSSR count). The molecule has 0 aliphatic carbocycles. The first kappa shape index (κ1) is 16.6.